The van der Waals surface area contributed by atoms with Gasteiger partial charge in [0, 0.05) is 30.0 Å². The van der Waals surface area contributed by atoms with E-state index in [1.165, 1.54) is 32.3 Å². The Bertz CT molecular complexity index is 514. The van der Waals surface area contributed by atoms with Crippen LogP contribution in [0.1, 0.15) is 21.7 Å². The zero-order valence-corrected chi connectivity index (χ0v) is 11.0. The van der Waals surface area contributed by atoms with Crippen molar-refractivity contribution >= 4 is 11.3 Å². The molecule has 1 N–H and O–H groups in total. The normalized spacial score (nSPS) is 14.7. The zero-order chi connectivity index (χ0) is 11.8. The molecule has 1 aliphatic heterocycles. The van der Waals surface area contributed by atoms with E-state index in [1.807, 2.05) is 11.3 Å². The SMILES string of the molecule is Cc1cc(C)cc(-c2nc3c(s2)CNCC3)c1. The quantitative estimate of drug-likeness (QED) is 0.834. The molecule has 1 aromatic carbocycles. The van der Waals surface area contributed by atoms with Gasteiger partial charge in [0.15, 0.2) is 0 Å². The van der Waals surface area contributed by atoms with Crippen LogP contribution >= 0.6 is 11.3 Å². The van der Waals surface area contributed by atoms with E-state index in [4.69, 9.17) is 4.98 Å². The van der Waals surface area contributed by atoms with Gasteiger partial charge in [-0.25, -0.2) is 4.98 Å². The average Bonchev–Trinajstić information content (AvgIpc) is 2.71. The lowest BCUT2D eigenvalue weighted by Gasteiger charge is -2.09. The standard InChI is InChI=1S/C14H16N2S/c1-9-5-10(2)7-11(6-9)14-16-12-3-4-15-8-13(12)17-14/h5-7,15H,3-4,8H2,1-2H3. The first-order chi connectivity index (χ1) is 8.22. The molecule has 88 valence electrons. The monoisotopic (exact) mass is 244 g/mol. The van der Waals surface area contributed by atoms with Crippen LogP contribution in [0.3, 0.4) is 0 Å². The highest BCUT2D eigenvalue weighted by atomic mass is 32.1. The number of hydrogen-bond acceptors (Lipinski definition) is 3. The number of hydrogen-bond donors (Lipinski definition) is 1. The van der Waals surface area contributed by atoms with Crippen LogP contribution in [0.5, 0.6) is 0 Å². The summed E-state index contributed by atoms with van der Waals surface area (Å²) in [5.41, 5.74) is 5.18. The van der Waals surface area contributed by atoms with E-state index < -0.39 is 0 Å². The lowest BCUT2D eigenvalue weighted by molar-refractivity contribution is 0.644. The molecule has 0 spiro atoms. The predicted octanol–water partition coefficient (Wildman–Crippen LogP) is 3.07. The van der Waals surface area contributed by atoms with Crippen molar-refractivity contribution in [3.8, 4) is 10.6 Å². The fourth-order valence-corrected chi connectivity index (χ4v) is 3.41. The molecule has 2 aromatic rings. The Balaban J connectivity index is 2.05. The maximum absolute atomic E-state index is 4.78. The highest BCUT2D eigenvalue weighted by molar-refractivity contribution is 7.15. The van der Waals surface area contributed by atoms with Gasteiger partial charge in [0.05, 0.1) is 5.69 Å². The van der Waals surface area contributed by atoms with Gasteiger partial charge < -0.3 is 5.32 Å². The van der Waals surface area contributed by atoms with Crippen molar-refractivity contribution in [3.63, 3.8) is 0 Å². The van der Waals surface area contributed by atoms with E-state index in [-0.39, 0.29) is 0 Å². The van der Waals surface area contributed by atoms with Crippen LogP contribution in [0.15, 0.2) is 18.2 Å². The molecule has 0 radical (unpaired) electrons. The first kappa shape index (κ1) is 10.9. The number of rotatable bonds is 1. The number of nitrogens with zero attached hydrogens (tertiary/aromatic N) is 1. The van der Waals surface area contributed by atoms with Gasteiger partial charge in [-0.15, -0.1) is 11.3 Å². The van der Waals surface area contributed by atoms with Gasteiger partial charge in [0.1, 0.15) is 5.01 Å². The maximum atomic E-state index is 4.78. The molecular weight excluding hydrogens is 228 g/mol. The van der Waals surface area contributed by atoms with Crippen LogP contribution in [-0.4, -0.2) is 11.5 Å². The molecule has 1 aliphatic rings. The van der Waals surface area contributed by atoms with Gasteiger partial charge in [-0.1, -0.05) is 17.2 Å². The summed E-state index contributed by atoms with van der Waals surface area (Å²) in [5.74, 6) is 0. The van der Waals surface area contributed by atoms with Gasteiger partial charge in [0.2, 0.25) is 0 Å². The molecule has 0 fully saturated rings. The summed E-state index contributed by atoms with van der Waals surface area (Å²) in [6.45, 7) is 6.33. The van der Waals surface area contributed by atoms with E-state index >= 15 is 0 Å². The number of benzene rings is 1. The van der Waals surface area contributed by atoms with E-state index in [0.717, 1.165) is 19.5 Å². The molecule has 3 rings (SSSR count). The Morgan fingerprint density at radius 3 is 2.65 bits per heavy atom. The van der Waals surface area contributed by atoms with Gasteiger partial charge >= 0.3 is 0 Å². The van der Waals surface area contributed by atoms with Gasteiger partial charge in [-0.05, 0) is 26.0 Å². The van der Waals surface area contributed by atoms with Crippen LogP contribution in [0.2, 0.25) is 0 Å². The molecule has 1 aromatic heterocycles. The average molecular weight is 244 g/mol. The molecule has 2 heterocycles. The number of aryl methyl sites for hydroxylation is 2. The summed E-state index contributed by atoms with van der Waals surface area (Å²) in [5, 5.41) is 4.57. The third kappa shape index (κ3) is 2.13. The van der Waals surface area contributed by atoms with Crippen molar-refractivity contribution in [2.45, 2.75) is 26.8 Å². The molecule has 0 atom stereocenters. The predicted molar refractivity (Wildman–Crippen MR) is 72.4 cm³/mol. The topological polar surface area (TPSA) is 24.9 Å². The first-order valence-corrected chi connectivity index (χ1v) is 6.82. The van der Waals surface area contributed by atoms with Crippen molar-refractivity contribution in [2.24, 2.45) is 0 Å². The summed E-state index contributed by atoms with van der Waals surface area (Å²) in [6.07, 6.45) is 1.07. The number of nitrogens with one attached hydrogen (secondary N) is 1. The van der Waals surface area contributed by atoms with E-state index in [1.54, 1.807) is 0 Å². The van der Waals surface area contributed by atoms with Crippen molar-refractivity contribution in [1.82, 2.24) is 10.3 Å². The Morgan fingerprint density at radius 1 is 1.18 bits per heavy atom. The molecule has 2 nitrogen and oxygen atoms in total. The van der Waals surface area contributed by atoms with Crippen LogP contribution < -0.4 is 5.32 Å². The Hall–Kier alpha value is -1.19. The Morgan fingerprint density at radius 2 is 1.94 bits per heavy atom. The number of fused-ring (bicyclic) bond motifs is 1. The molecular formula is C14H16N2S. The number of thiazole rings is 1. The molecule has 0 saturated heterocycles. The second kappa shape index (κ2) is 4.24. The van der Waals surface area contributed by atoms with Crippen molar-refractivity contribution in [3.05, 3.63) is 39.9 Å². The van der Waals surface area contributed by atoms with Gasteiger partial charge in [0.25, 0.3) is 0 Å². The van der Waals surface area contributed by atoms with Crippen molar-refractivity contribution in [1.29, 1.82) is 0 Å². The molecule has 0 bridgehead atoms. The highest BCUT2D eigenvalue weighted by Gasteiger charge is 2.15. The minimum absolute atomic E-state index is 0.984. The fourth-order valence-electron chi connectivity index (χ4n) is 2.35. The zero-order valence-electron chi connectivity index (χ0n) is 10.2. The van der Waals surface area contributed by atoms with Crippen LogP contribution in [0.4, 0.5) is 0 Å². The second-order valence-electron chi connectivity index (χ2n) is 4.69. The van der Waals surface area contributed by atoms with E-state index in [9.17, 15) is 0 Å². The van der Waals surface area contributed by atoms with Crippen molar-refractivity contribution < 1.29 is 0 Å². The summed E-state index contributed by atoms with van der Waals surface area (Å²) in [6, 6.07) is 6.66. The van der Waals surface area contributed by atoms with Crippen LogP contribution in [-0.2, 0) is 13.0 Å². The Labute approximate surface area is 106 Å². The summed E-state index contributed by atoms with van der Waals surface area (Å²) in [4.78, 5) is 6.19. The van der Waals surface area contributed by atoms with Gasteiger partial charge in [-0.3, -0.25) is 0 Å². The number of aromatic nitrogens is 1. The minimum Gasteiger partial charge on any atom is -0.311 e. The minimum atomic E-state index is 0.984. The summed E-state index contributed by atoms with van der Waals surface area (Å²) in [7, 11) is 0. The molecule has 0 aliphatic carbocycles. The molecule has 3 heteroatoms. The summed E-state index contributed by atoms with van der Waals surface area (Å²) < 4.78 is 0. The largest absolute Gasteiger partial charge is 0.311 e. The highest BCUT2D eigenvalue weighted by Crippen LogP contribution is 2.30. The molecule has 17 heavy (non-hydrogen) atoms. The Kier molecular flexibility index (Phi) is 2.73. The third-order valence-corrected chi connectivity index (χ3v) is 4.22. The van der Waals surface area contributed by atoms with E-state index in [0.29, 0.717) is 0 Å². The molecule has 0 saturated carbocycles. The van der Waals surface area contributed by atoms with Crippen LogP contribution in [0.25, 0.3) is 10.6 Å². The lowest BCUT2D eigenvalue weighted by atomic mass is 10.1. The first-order valence-electron chi connectivity index (χ1n) is 6.00. The van der Waals surface area contributed by atoms with E-state index in [2.05, 4.69) is 37.4 Å². The maximum Gasteiger partial charge on any atom is 0.123 e. The molecule has 0 unspecified atom stereocenters. The smallest absolute Gasteiger partial charge is 0.123 e. The second-order valence-corrected chi connectivity index (χ2v) is 5.78. The molecule has 0 amide bonds. The van der Waals surface area contributed by atoms with Gasteiger partial charge in [-0.2, -0.15) is 0 Å². The summed E-state index contributed by atoms with van der Waals surface area (Å²) >= 11 is 1.83. The lowest BCUT2D eigenvalue weighted by Crippen LogP contribution is -2.22. The van der Waals surface area contributed by atoms with Crippen LogP contribution in [0, 0.1) is 13.8 Å². The third-order valence-electron chi connectivity index (χ3n) is 3.07. The van der Waals surface area contributed by atoms with Crippen molar-refractivity contribution in [2.75, 3.05) is 6.54 Å². The fraction of sp³-hybridized carbons (Fsp3) is 0.357.